The van der Waals surface area contributed by atoms with Gasteiger partial charge in [0.2, 0.25) is 0 Å². The molecule has 0 saturated heterocycles. The second-order valence-corrected chi connectivity index (χ2v) is 12.0. The molecule has 0 N–H and O–H groups in total. The van der Waals surface area contributed by atoms with E-state index >= 15 is 0 Å². The number of hydrogen-bond acceptors (Lipinski definition) is 5. The summed E-state index contributed by atoms with van der Waals surface area (Å²) >= 11 is 1.29. The second-order valence-electron chi connectivity index (χ2n) is 10.9. The van der Waals surface area contributed by atoms with E-state index in [0.29, 0.717) is 38.6 Å². The van der Waals surface area contributed by atoms with Gasteiger partial charge in [0, 0.05) is 28.2 Å². The molecule has 1 atom stereocenters. The molecule has 0 radical (unpaired) electrons. The van der Waals surface area contributed by atoms with Gasteiger partial charge < -0.3 is 9.30 Å². The van der Waals surface area contributed by atoms with Crippen LogP contribution in [0.15, 0.2) is 100 Å². The van der Waals surface area contributed by atoms with Crippen LogP contribution in [0.25, 0.3) is 17.0 Å². The average Bonchev–Trinajstić information content (AvgIpc) is 3.50. The predicted molar refractivity (Wildman–Crippen MR) is 168 cm³/mol. The summed E-state index contributed by atoms with van der Waals surface area (Å²) in [4.78, 5) is 32.6. The molecule has 0 amide bonds. The summed E-state index contributed by atoms with van der Waals surface area (Å²) in [6.07, 6.45) is 3.82. The Balaban J connectivity index is 1.51. The van der Waals surface area contributed by atoms with Crippen LogP contribution in [0.4, 0.5) is 4.39 Å². The van der Waals surface area contributed by atoms with Gasteiger partial charge in [-0.25, -0.2) is 14.2 Å². The van der Waals surface area contributed by atoms with Gasteiger partial charge in [0.25, 0.3) is 5.56 Å². The van der Waals surface area contributed by atoms with Crippen LogP contribution in [0.1, 0.15) is 61.9 Å². The van der Waals surface area contributed by atoms with Crippen LogP contribution < -0.4 is 14.9 Å². The zero-order valence-corrected chi connectivity index (χ0v) is 25.3. The van der Waals surface area contributed by atoms with Gasteiger partial charge in [0.05, 0.1) is 35.0 Å². The van der Waals surface area contributed by atoms with Crippen molar-refractivity contribution in [3.05, 3.63) is 138 Å². The van der Waals surface area contributed by atoms with Gasteiger partial charge in [0.15, 0.2) is 4.80 Å². The lowest BCUT2D eigenvalue weighted by Gasteiger charge is -2.25. The number of carbonyl (C=O) groups is 1. The molecule has 3 aromatic carbocycles. The van der Waals surface area contributed by atoms with Crippen molar-refractivity contribution in [3.63, 3.8) is 0 Å². The summed E-state index contributed by atoms with van der Waals surface area (Å²) < 4.78 is 24.0. The molecule has 218 valence electrons. The maximum absolute atomic E-state index is 14.5. The third-order valence-electron chi connectivity index (χ3n) is 7.84. The third kappa shape index (κ3) is 5.27. The predicted octanol–water partition coefficient (Wildman–Crippen LogP) is 6.06. The Morgan fingerprint density at radius 2 is 1.79 bits per heavy atom. The van der Waals surface area contributed by atoms with E-state index in [1.165, 1.54) is 23.0 Å². The number of ether oxygens (including phenoxy) is 1. The highest BCUT2D eigenvalue weighted by Gasteiger charge is 2.33. The highest BCUT2D eigenvalue weighted by Crippen LogP contribution is 2.32. The van der Waals surface area contributed by atoms with E-state index in [1.807, 2.05) is 71.4 Å². The van der Waals surface area contributed by atoms with E-state index in [9.17, 15) is 14.0 Å². The van der Waals surface area contributed by atoms with Crippen LogP contribution in [0.3, 0.4) is 0 Å². The number of thiazole rings is 1. The van der Waals surface area contributed by atoms with Crippen molar-refractivity contribution in [3.8, 4) is 0 Å². The topological polar surface area (TPSA) is 65.6 Å². The van der Waals surface area contributed by atoms with E-state index in [1.54, 1.807) is 30.5 Å². The first kappa shape index (κ1) is 28.6. The molecule has 0 saturated carbocycles. The molecule has 0 aliphatic carbocycles. The minimum atomic E-state index is -0.666. The standard InChI is InChI=1S/C35H32FN3O3S/c1-5-42-34(41)31-22(4)37-35-39(32(31)24-16-14-23(15-17-24)21(2)3)33(40)30(43-35)18-26-20-38(29-13-9-7-11-27(26)29)19-25-10-6-8-12-28(25)36/h6-18,20-21,32H,5,19H2,1-4H3/t32-/m1/s1. The maximum atomic E-state index is 14.5. The van der Waals surface area contributed by atoms with Crippen molar-refractivity contribution in [1.29, 1.82) is 0 Å². The number of esters is 1. The van der Waals surface area contributed by atoms with Gasteiger partial charge in [0.1, 0.15) is 5.82 Å². The average molecular weight is 594 g/mol. The van der Waals surface area contributed by atoms with Crippen LogP contribution >= 0.6 is 11.3 Å². The number of fused-ring (bicyclic) bond motifs is 2. The van der Waals surface area contributed by atoms with Crippen LogP contribution in [0.2, 0.25) is 0 Å². The molecule has 3 heterocycles. The van der Waals surface area contributed by atoms with E-state index in [0.717, 1.165) is 22.0 Å². The molecular formula is C35H32FN3O3S. The number of hydrogen-bond donors (Lipinski definition) is 0. The summed E-state index contributed by atoms with van der Waals surface area (Å²) in [5.74, 6) is -0.394. The SMILES string of the molecule is CCOC(=O)C1=C(C)N=c2sc(=Cc3cn(Cc4ccccc4F)c4ccccc34)c(=O)n2[C@@H]1c1ccc(C(C)C)cc1. The van der Waals surface area contributed by atoms with Crippen LogP contribution in [-0.2, 0) is 16.1 Å². The molecule has 2 aromatic heterocycles. The van der Waals surface area contributed by atoms with Gasteiger partial charge >= 0.3 is 5.97 Å². The smallest absolute Gasteiger partial charge is 0.338 e. The van der Waals surface area contributed by atoms with Gasteiger partial charge in [-0.3, -0.25) is 9.36 Å². The molecule has 43 heavy (non-hydrogen) atoms. The van der Waals surface area contributed by atoms with Crippen LogP contribution in [0, 0.1) is 5.82 Å². The minimum absolute atomic E-state index is 0.218. The van der Waals surface area contributed by atoms with Crippen molar-refractivity contribution >= 4 is 34.3 Å². The fraction of sp³-hybridized carbons (Fsp3) is 0.229. The highest BCUT2D eigenvalue weighted by atomic mass is 32.1. The summed E-state index contributed by atoms with van der Waals surface area (Å²) in [6.45, 7) is 8.37. The lowest BCUT2D eigenvalue weighted by atomic mass is 9.93. The quantitative estimate of drug-likeness (QED) is 0.216. The van der Waals surface area contributed by atoms with Crippen molar-refractivity contribution in [2.24, 2.45) is 4.99 Å². The fourth-order valence-electron chi connectivity index (χ4n) is 5.64. The minimum Gasteiger partial charge on any atom is -0.463 e. The number of para-hydroxylation sites is 1. The van der Waals surface area contributed by atoms with Crippen molar-refractivity contribution in [1.82, 2.24) is 9.13 Å². The molecule has 0 spiro atoms. The molecule has 6 nitrogen and oxygen atoms in total. The van der Waals surface area contributed by atoms with Crippen LogP contribution in [-0.4, -0.2) is 21.7 Å². The Morgan fingerprint density at radius 3 is 2.51 bits per heavy atom. The van der Waals surface area contributed by atoms with E-state index in [4.69, 9.17) is 9.73 Å². The number of carbonyl (C=O) groups excluding carboxylic acids is 1. The number of halogens is 1. The molecule has 8 heteroatoms. The zero-order valence-electron chi connectivity index (χ0n) is 24.5. The van der Waals surface area contributed by atoms with Gasteiger partial charge in [-0.1, -0.05) is 85.8 Å². The molecule has 5 aromatic rings. The van der Waals surface area contributed by atoms with E-state index < -0.39 is 12.0 Å². The Morgan fingerprint density at radius 1 is 1.07 bits per heavy atom. The second kappa shape index (κ2) is 11.6. The maximum Gasteiger partial charge on any atom is 0.338 e. The van der Waals surface area contributed by atoms with Crippen LogP contribution in [0.5, 0.6) is 0 Å². The number of aromatic nitrogens is 2. The first-order chi connectivity index (χ1) is 20.8. The Kier molecular flexibility index (Phi) is 7.71. The van der Waals surface area contributed by atoms with E-state index in [2.05, 4.69) is 13.8 Å². The Bertz CT molecular complexity index is 2070. The van der Waals surface area contributed by atoms with Gasteiger partial charge in [-0.2, -0.15) is 0 Å². The molecule has 1 aliphatic rings. The number of benzene rings is 3. The lowest BCUT2D eigenvalue weighted by molar-refractivity contribution is -0.139. The van der Waals surface area contributed by atoms with E-state index in [-0.39, 0.29) is 18.0 Å². The third-order valence-corrected chi connectivity index (χ3v) is 8.82. The summed E-state index contributed by atoms with van der Waals surface area (Å²) in [7, 11) is 0. The normalized spacial score (nSPS) is 15.2. The molecule has 0 fully saturated rings. The molecule has 1 aliphatic heterocycles. The first-order valence-corrected chi connectivity index (χ1v) is 15.2. The summed E-state index contributed by atoms with van der Waals surface area (Å²) in [6, 6.07) is 22.0. The van der Waals surface area contributed by atoms with Crippen molar-refractivity contribution in [2.75, 3.05) is 6.61 Å². The Hall–Kier alpha value is -4.56. The zero-order chi connectivity index (χ0) is 30.2. The molecule has 6 rings (SSSR count). The lowest BCUT2D eigenvalue weighted by Crippen LogP contribution is -2.39. The number of rotatable bonds is 7. The number of allylic oxidation sites excluding steroid dienone is 1. The fourth-order valence-corrected chi connectivity index (χ4v) is 6.68. The highest BCUT2D eigenvalue weighted by molar-refractivity contribution is 7.07. The van der Waals surface area contributed by atoms with Gasteiger partial charge in [-0.05, 0) is 49.1 Å². The molecular weight excluding hydrogens is 561 g/mol. The summed E-state index contributed by atoms with van der Waals surface area (Å²) in [5, 5.41) is 0.953. The first-order valence-electron chi connectivity index (χ1n) is 14.4. The molecule has 0 bridgehead atoms. The van der Waals surface area contributed by atoms with Crippen molar-refractivity contribution < 1.29 is 13.9 Å². The Labute approximate surface area is 252 Å². The molecule has 0 unspecified atom stereocenters. The monoisotopic (exact) mass is 593 g/mol. The largest absolute Gasteiger partial charge is 0.463 e. The summed E-state index contributed by atoms with van der Waals surface area (Å²) in [5.41, 5.74) is 5.01. The van der Waals surface area contributed by atoms with Crippen molar-refractivity contribution in [2.45, 2.75) is 46.2 Å². The number of nitrogens with zero attached hydrogens (tertiary/aromatic N) is 3. The van der Waals surface area contributed by atoms with Gasteiger partial charge in [-0.15, -0.1) is 0 Å².